The van der Waals surface area contributed by atoms with Gasteiger partial charge in [-0.05, 0) is 30.3 Å². The van der Waals surface area contributed by atoms with Gasteiger partial charge in [0.25, 0.3) is 0 Å². The number of alkyl halides is 3. The predicted octanol–water partition coefficient (Wildman–Crippen LogP) is 6.72. The van der Waals surface area contributed by atoms with Gasteiger partial charge in [0.1, 0.15) is 17.3 Å². The summed E-state index contributed by atoms with van der Waals surface area (Å²) in [6.45, 7) is -0.243. The molecule has 0 spiro atoms. The van der Waals surface area contributed by atoms with Crippen molar-refractivity contribution in [2.24, 2.45) is 0 Å². The highest BCUT2D eigenvalue weighted by molar-refractivity contribution is 6.34. The molecule has 0 fully saturated rings. The minimum atomic E-state index is -4.74. The number of hydrogen-bond acceptors (Lipinski definition) is 2. The molecule has 10 heteroatoms. The monoisotopic (exact) mass is 484 g/mol. The molecule has 4 aromatic rings. The van der Waals surface area contributed by atoms with Gasteiger partial charge in [0.2, 0.25) is 5.43 Å². The highest BCUT2D eigenvalue weighted by atomic mass is 35.5. The summed E-state index contributed by atoms with van der Waals surface area (Å²) in [5.74, 6) is -1.62. The lowest BCUT2D eigenvalue weighted by Crippen LogP contribution is -2.18. The molecule has 0 saturated heterocycles. The topological polar surface area (TPSA) is 34.9 Å². The van der Waals surface area contributed by atoms with Gasteiger partial charge in [-0.25, -0.2) is 8.78 Å². The summed E-state index contributed by atoms with van der Waals surface area (Å²) in [6, 6.07) is 10.3. The van der Waals surface area contributed by atoms with Gasteiger partial charge in [0, 0.05) is 27.6 Å². The van der Waals surface area contributed by atoms with Gasteiger partial charge in [0.15, 0.2) is 0 Å². The van der Waals surface area contributed by atoms with E-state index in [1.165, 1.54) is 35.0 Å². The van der Waals surface area contributed by atoms with Gasteiger partial charge >= 0.3 is 6.18 Å². The van der Waals surface area contributed by atoms with E-state index in [0.717, 1.165) is 18.2 Å². The van der Waals surface area contributed by atoms with Crippen LogP contribution in [-0.4, -0.2) is 9.78 Å². The predicted molar refractivity (Wildman–Crippen MR) is 112 cm³/mol. The molecular weight excluding hydrogens is 474 g/mol. The van der Waals surface area contributed by atoms with Crippen LogP contribution >= 0.6 is 23.2 Å². The summed E-state index contributed by atoms with van der Waals surface area (Å²) in [7, 11) is 0. The summed E-state index contributed by atoms with van der Waals surface area (Å²) in [5, 5.41) is 3.86. The summed E-state index contributed by atoms with van der Waals surface area (Å²) in [4.78, 5) is 13.1. The molecule has 0 atom stereocenters. The van der Waals surface area contributed by atoms with Gasteiger partial charge in [-0.1, -0.05) is 41.4 Å². The molecule has 0 unspecified atom stereocenters. The van der Waals surface area contributed by atoms with Crippen LogP contribution in [0.1, 0.15) is 11.1 Å². The minimum absolute atomic E-state index is 0.0462. The standard InChI is InChI=1S/C22H11Cl2F5N2O/c23-12-5-7-14-18(8-12)31(10-11-4-6-13(25)9-17(11)26)30-20(21(14)32)15-2-1-3-16(19(15)24)22(27,28)29/h1-9H,10H2. The first-order chi connectivity index (χ1) is 15.1. The number of hydrogen-bond donors (Lipinski definition) is 0. The lowest BCUT2D eigenvalue weighted by Gasteiger charge is -2.15. The number of benzene rings is 3. The van der Waals surface area contributed by atoms with E-state index >= 15 is 0 Å². The van der Waals surface area contributed by atoms with E-state index in [-0.39, 0.29) is 39.3 Å². The smallest absolute Gasteiger partial charge is 0.287 e. The van der Waals surface area contributed by atoms with Crippen molar-refractivity contribution >= 4 is 34.1 Å². The molecule has 0 N–H and O–H groups in total. The van der Waals surface area contributed by atoms with Crippen molar-refractivity contribution < 1.29 is 22.0 Å². The van der Waals surface area contributed by atoms with Crippen LogP contribution in [0, 0.1) is 11.6 Å². The summed E-state index contributed by atoms with van der Waals surface area (Å²) < 4.78 is 68.7. The Hall–Kier alpha value is -2.97. The Morgan fingerprint density at radius 2 is 1.72 bits per heavy atom. The van der Waals surface area contributed by atoms with Crippen LogP contribution in [-0.2, 0) is 12.7 Å². The number of fused-ring (bicyclic) bond motifs is 1. The molecule has 3 aromatic carbocycles. The maximum atomic E-state index is 14.3. The van der Waals surface area contributed by atoms with Crippen LogP contribution in [0.2, 0.25) is 10.0 Å². The first-order valence-electron chi connectivity index (χ1n) is 9.06. The molecule has 0 aliphatic rings. The van der Waals surface area contributed by atoms with Crippen LogP contribution in [0.5, 0.6) is 0 Å². The second kappa shape index (κ2) is 8.18. The second-order valence-corrected chi connectivity index (χ2v) is 7.71. The van der Waals surface area contributed by atoms with E-state index in [0.29, 0.717) is 6.07 Å². The third kappa shape index (κ3) is 4.08. The van der Waals surface area contributed by atoms with Crippen molar-refractivity contribution in [2.45, 2.75) is 12.7 Å². The van der Waals surface area contributed by atoms with Gasteiger partial charge < -0.3 is 0 Å². The van der Waals surface area contributed by atoms with E-state index in [1.807, 2.05) is 0 Å². The largest absolute Gasteiger partial charge is 0.417 e. The van der Waals surface area contributed by atoms with Crippen LogP contribution in [0.4, 0.5) is 22.0 Å². The van der Waals surface area contributed by atoms with E-state index in [2.05, 4.69) is 5.10 Å². The average molecular weight is 485 g/mol. The fourth-order valence-electron chi connectivity index (χ4n) is 3.30. The Labute approximate surface area is 187 Å². The quantitative estimate of drug-likeness (QED) is 0.302. The zero-order chi connectivity index (χ0) is 23.2. The molecule has 0 aliphatic heterocycles. The van der Waals surface area contributed by atoms with Crippen LogP contribution < -0.4 is 5.43 Å². The molecule has 164 valence electrons. The van der Waals surface area contributed by atoms with Crippen LogP contribution in [0.3, 0.4) is 0 Å². The first kappa shape index (κ1) is 22.2. The van der Waals surface area contributed by atoms with Crippen molar-refractivity contribution in [3.8, 4) is 11.3 Å². The molecule has 0 radical (unpaired) electrons. The minimum Gasteiger partial charge on any atom is -0.287 e. The van der Waals surface area contributed by atoms with Gasteiger partial charge in [-0.15, -0.1) is 0 Å². The van der Waals surface area contributed by atoms with Crippen molar-refractivity contribution in [1.29, 1.82) is 0 Å². The van der Waals surface area contributed by atoms with Crippen LogP contribution in [0.15, 0.2) is 59.4 Å². The normalized spacial score (nSPS) is 11.8. The molecule has 32 heavy (non-hydrogen) atoms. The SMILES string of the molecule is O=c1c(-c2cccc(C(F)(F)F)c2Cl)nn(Cc2ccc(F)cc2F)c2cc(Cl)ccc12. The zero-order valence-corrected chi connectivity index (χ0v) is 17.4. The van der Waals surface area contributed by atoms with Crippen molar-refractivity contribution in [3.63, 3.8) is 0 Å². The van der Waals surface area contributed by atoms with Gasteiger partial charge in [0.05, 0.1) is 22.6 Å². The third-order valence-corrected chi connectivity index (χ3v) is 5.46. The maximum absolute atomic E-state index is 14.3. The lowest BCUT2D eigenvalue weighted by molar-refractivity contribution is -0.137. The van der Waals surface area contributed by atoms with Crippen molar-refractivity contribution in [2.75, 3.05) is 0 Å². The average Bonchev–Trinajstić information content (AvgIpc) is 2.71. The molecule has 1 aromatic heterocycles. The Morgan fingerprint density at radius 1 is 0.969 bits per heavy atom. The Kier molecular flexibility index (Phi) is 5.68. The molecular formula is C22H11Cl2F5N2O. The molecule has 0 bridgehead atoms. The Morgan fingerprint density at radius 3 is 2.41 bits per heavy atom. The third-order valence-electron chi connectivity index (χ3n) is 4.81. The summed E-state index contributed by atoms with van der Waals surface area (Å²) in [6.07, 6.45) is -4.74. The molecule has 0 aliphatic carbocycles. The number of rotatable bonds is 3. The Bertz CT molecular complexity index is 1420. The van der Waals surface area contributed by atoms with Crippen molar-refractivity contribution in [1.82, 2.24) is 9.78 Å². The zero-order valence-electron chi connectivity index (χ0n) is 15.9. The molecule has 0 amide bonds. The fraction of sp³-hybridized carbons (Fsp3) is 0.0909. The highest BCUT2D eigenvalue weighted by Gasteiger charge is 2.34. The lowest BCUT2D eigenvalue weighted by atomic mass is 10.0. The summed E-state index contributed by atoms with van der Waals surface area (Å²) >= 11 is 12.0. The molecule has 3 nitrogen and oxygen atoms in total. The van der Waals surface area contributed by atoms with Crippen molar-refractivity contribution in [3.05, 3.63) is 97.6 Å². The van der Waals surface area contributed by atoms with E-state index in [1.54, 1.807) is 0 Å². The fourth-order valence-corrected chi connectivity index (χ4v) is 3.79. The number of nitrogens with zero attached hydrogens (tertiary/aromatic N) is 2. The van der Waals surface area contributed by atoms with Crippen LogP contribution in [0.25, 0.3) is 22.2 Å². The Balaban J connectivity index is 1.99. The maximum Gasteiger partial charge on any atom is 0.417 e. The molecule has 1 heterocycles. The molecule has 0 saturated carbocycles. The van der Waals surface area contributed by atoms with E-state index in [9.17, 15) is 26.7 Å². The van der Waals surface area contributed by atoms with E-state index < -0.39 is 33.8 Å². The molecule has 4 rings (SSSR count). The number of aromatic nitrogens is 2. The second-order valence-electron chi connectivity index (χ2n) is 6.90. The first-order valence-corrected chi connectivity index (χ1v) is 9.82. The van der Waals surface area contributed by atoms with E-state index in [4.69, 9.17) is 23.2 Å². The van der Waals surface area contributed by atoms with Gasteiger partial charge in [-0.3, -0.25) is 9.48 Å². The van der Waals surface area contributed by atoms with Gasteiger partial charge in [-0.2, -0.15) is 18.3 Å². The summed E-state index contributed by atoms with van der Waals surface area (Å²) in [5.41, 5.74) is -2.10. The number of halogens is 7. The highest BCUT2D eigenvalue weighted by Crippen LogP contribution is 2.39.